The predicted octanol–water partition coefficient (Wildman–Crippen LogP) is 4.82. The molecule has 5 nitrogen and oxygen atoms in total. The van der Waals surface area contributed by atoms with Crippen LogP contribution in [0.15, 0.2) is 30.5 Å². The van der Waals surface area contributed by atoms with Crippen LogP contribution in [0, 0.1) is 12.7 Å². The van der Waals surface area contributed by atoms with Crippen LogP contribution in [-0.2, 0) is 0 Å². The Labute approximate surface area is 182 Å². The second kappa shape index (κ2) is 10.1. The third kappa shape index (κ3) is 6.21. The molecule has 1 aliphatic carbocycles. The number of nitrogens with zero attached hydrogens (tertiary/aromatic N) is 2. The van der Waals surface area contributed by atoms with E-state index in [1.54, 1.807) is 0 Å². The van der Waals surface area contributed by atoms with Gasteiger partial charge < -0.3 is 15.5 Å². The maximum atomic E-state index is 13.4. The maximum Gasteiger partial charge on any atom is 0.251 e. The summed E-state index contributed by atoms with van der Waals surface area (Å²) >= 11 is 5.84. The average molecular weight is 441 g/mol. The molecule has 1 fully saturated rings. The molecule has 0 unspecified atom stereocenters. The minimum Gasteiger partial charge on any atom is -0.377 e. The first-order valence-corrected chi connectivity index (χ1v) is 9.87. The SMILES string of the molecule is Cc1cnc(NC2CCC(NC(=O)c3cc(F)cc(Cl)c3)CC2)cc1N(C)C.Cl. The molecule has 158 valence electrons. The topological polar surface area (TPSA) is 57.3 Å². The van der Waals surface area contributed by atoms with Gasteiger partial charge in [0.2, 0.25) is 0 Å². The van der Waals surface area contributed by atoms with Gasteiger partial charge in [-0.1, -0.05) is 11.6 Å². The van der Waals surface area contributed by atoms with Crippen LogP contribution in [-0.4, -0.2) is 37.1 Å². The number of nitrogens with one attached hydrogen (secondary N) is 2. The van der Waals surface area contributed by atoms with Gasteiger partial charge in [0.15, 0.2) is 0 Å². The molecule has 1 aliphatic rings. The summed E-state index contributed by atoms with van der Waals surface area (Å²) in [5.74, 6) is 0.0815. The molecule has 0 spiro atoms. The fourth-order valence-corrected chi connectivity index (χ4v) is 3.84. The van der Waals surface area contributed by atoms with Crippen molar-refractivity contribution < 1.29 is 9.18 Å². The summed E-state index contributed by atoms with van der Waals surface area (Å²) in [6.45, 7) is 2.05. The van der Waals surface area contributed by atoms with Crippen molar-refractivity contribution in [2.24, 2.45) is 0 Å². The zero-order chi connectivity index (χ0) is 20.3. The molecule has 8 heteroatoms. The quantitative estimate of drug-likeness (QED) is 0.699. The summed E-state index contributed by atoms with van der Waals surface area (Å²) in [5, 5.41) is 6.72. The molecule has 1 saturated carbocycles. The monoisotopic (exact) mass is 440 g/mol. The minimum absolute atomic E-state index is 0. The normalized spacial score (nSPS) is 18.5. The highest BCUT2D eigenvalue weighted by Crippen LogP contribution is 2.25. The lowest BCUT2D eigenvalue weighted by molar-refractivity contribution is 0.0926. The van der Waals surface area contributed by atoms with Gasteiger partial charge in [0.1, 0.15) is 11.6 Å². The number of pyridine rings is 1. The number of carbonyl (C=O) groups is 1. The fourth-order valence-electron chi connectivity index (χ4n) is 3.62. The van der Waals surface area contributed by atoms with Crippen molar-refractivity contribution in [3.05, 3.63) is 52.4 Å². The highest BCUT2D eigenvalue weighted by atomic mass is 35.5. The Morgan fingerprint density at radius 3 is 2.41 bits per heavy atom. The Morgan fingerprint density at radius 2 is 1.79 bits per heavy atom. The summed E-state index contributed by atoms with van der Waals surface area (Å²) in [5.41, 5.74) is 2.54. The Morgan fingerprint density at radius 1 is 1.14 bits per heavy atom. The van der Waals surface area contributed by atoms with Gasteiger partial charge in [-0.2, -0.15) is 0 Å². The second-order valence-corrected chi connectivity index (χ2v) is 8.01. The molecule has 1 aromatic heterocycles. The van der Waals surface area contributed by atoms with Crippen molar-refractivity contribution in [1.29, 1.82) is 0 Å². The van der Waals surface area contributed by atoms with Crippen molar-refractivity contribution in [2.45, 2.75) is 44.7 Å². The molecule has 0 atom stereocenters. The molecule has 0 radical (unpaired) electrons. The zero-order valence-electron chi connectivity index (χ0n) is 16.8. The van der Waals surface area contributed by atoms with Crippen LogP contribution in [0.3, 0.4) is 0 Å². The summed E-state index contributed by atoms with van der Waals surface area (Å²) in [7, 11) is 4.04. The number of carbonyl (C=O) groups excluding carboxylic acids is 1. The zero-order valence-corrected chi connectivity index (χ0v) is 18.4. The van der Waals surface area contributed by atoms with Gasteiger partial charge in [0.25, 0.3) is 5.91 Å². The lowest BCUT2D eigenvalue weighted by atomic mass is 9.91. The summed E-state index contributed by atoms with van der Waals surface area (Å²) in [6, 6.07) is 6.35. The number of anilines is 2. The molecule has 0 saturated heterocycles. The van der Waals surface area contributed by atoms with Gasteiger partial charge in [0.05, 0.1) is 0 Å². The highest BCUT2D eigenvalue weighted by molar-refractivity contribution is 6.31. The highest BCUT2D eigenvalue weighted by Gasteiger charge is 2.23. The van der Waals surface area contributed by atoms with E-state index in [-0.39, 0.29) is 34.9 Å². The van der Waals surface area contributed by atoms with E-state index in [0.29, 0.717) is 6.04 Å². The Bertz CT molecular complexity index is 834. The van der Waals surface area contributed by atoms with Gasteiger partial charge in [-0.15, -0.1) is 12.4 Å². The summed E-state index contributed by atoms with van der Waals surface area (Å²) < 4.78 is 13.4. The van der Waals surface area contributed by atoms with Crippen molar-refractivity contribution in [3.63, 3.8) is 0 Å². The Balaban J connectivity index is 0.00000300. The first-order chi connectivity index (χ1) is 13.3. The molecule has 1 heterocycles. The molecule has 3 rings (SSSR count). The average Bonchev–Trinajstić information content (AvgIpc) is 2.64. The van der Waals surface area contributed by atoms with Crippen molar-refractivity contribution in [1.82, 2.24) is 10.3 Å². The molecule has 1 aromatic carbocycles. The summed E-state index contributed by atoms with van der Waals surface area (Å²) in [6.07, 6.45) is 5.47. The van der Waals surface area contributed by atoms with Crippen LogP contribution < -0.4 is 15.5 Å². The number of aromatic nitrogens is 1. The van der Waals surface area contributed by atoms with Crippen LogP contribution >= 0.6 is 24.0 Å². The first kappa shape index (κ1) is 23.2. The molecule has 1 amide bonds. The van der Waals surface area contributed by atoms with Gasteiger partial charge in [-0.25, -0.2) is 9.37 Å². The van der Waals surface area contributed by atoms with E-state index in [4.69, 9.17) is 11.6 Å². The number of hydrogen-bond donors (Lipinski definition) is 2. The van der Waals surface area contributed by atoms with Crippen LogP contribution in [0.5, 0.6) is 0 Å². The number of hydrogen-bond acceptors (Lipinski definition) is 4. The standard InChI is InChI=1S/C21H26ClFN4O.ClH/c1-13-12-24-20(11-19(13)27(2)3)25-17-4-6-18(7-5-17)26-21(28)14-8-15(22)10-16(23)9-14;/h8-12,17-18H,4-7H2,1-3H3,(H,24,25)(H,26,28);1H. The molecule has 29 heavy (non-hydrogen) atoms. The number of halogens is 3. The third-order valence-corrected chi connectivity index (χ3v) is 5.31. The molecule has 0 aliphatic heterocycles. The number of aryl methyl sites for hydroxylation is 1. The van der Waals surface area contributed by atoms with Gasteiger partial charge >= 0.3 is 0 Å². The van der Waals surface area contributed by atoms with Gasteiger partial charge in [-0.3, -0.25) is 4.79 Å². The minimum atomic E-state index is -0.506. The van der Waals surface area contributed by atoms with E-state index < -0.39 is 5.82 Å². The van der Waals surface area contributed by atoms with Crippen molar-refractivity contribution in [2.75, 3.05) is 24.3 Å². The first-order valence-electron chi connectivity index (χ1n) is 9.49. The van der Waals surface area contributed by atoms with E-state index in [1.807, 2.05) is 27.2 Å². The van der Waals surface area contributed by atoms with E-state index in [0.717, 1.165) is 42.8 Å². The Kier molecular flexibility index (Phi) is 8.11. The lowest BCUT2D eigenvalue weighted by Crippen LogP contribution is -2.40. The summed E-state index contributed by atoms with van der Waals surface area (Å²) in [4.78, 5) is 18.9. The molecular weight excluding hydrogens is 414 g/mol. The van der Waals surface area contributed by atoms with E-state index in [1.165, 1.54) is 18.2 Å². The molecule has 2 N–H and O–H groups in total. The van der Waals surface area contributed by atoms with Crippen LogP contribution in [0.2, 0.25) is 5.02 Å². The fraction of sp³-hybridized carbons (Fsp3) is 0.429. The molecule has 2 aromatic rings. The van der Waals surface area contributed by atoms with Crippen molar-refractivity contribution >= 4 is 41.4 Å². The smallest absolute Gasteiger partial charge is 0.251 e. The van der Waals surface area contributed by atoms with Crippen LogP contribution in [0.1, 0.15) is 41.6 Å². The van der Waals surface area contributed by atoms with E-state index in [9.17, 15) is 9.18 Å². The molecule has 0 bridgehead atoms. The number of amides is 1. The van der Waals surface area contributed by atoms with Gasteiger partial charge in [0, 0.05) is 54.7 Å². The largest absolute Gasteiger partial charge is 0.377 e. The Hall–Kier alpha value is -2.05. The van der Waals surface area contributed by atoms with Crippen LogP contribution in [0.4, 0.5) is 15.9 Å². The lowest BCUT2D eigenvalue weighted by Gasteiger charge is -2.30. The maximum absolute atomic E-state index is 13.4. The predicted molar refractivity (Wildman–Crippen MR) is 119 cm³/mol. The third-order valence-electron chi connectivity index (χ3n) is 5.10. The van der Waals surface area contributed by atoms with Crippen LogP contribution in [0.25, 0.3) is 0 Å². The molecular formula is C21H27Cl2FN4O. The van der Waals surface area contributed by atoms with E-state index in [2.05, 4.69) is 26.6 Å². The van der Waals surface area contributed by atoms with Gasteiger partial charge in [-0.05, 0) is 56.4 Å². The number of benzene rings is 1. The van der Waals surface area contributed by atoms with Crippen molar-refractivity contribution in [3.8, 4) is 0 Å². The number of rotatable bonds is 5. The van der Waals surface area contributed by atoms with E-state index >= 15 is 0 Å². The second-order valence-electron chi connectivity index (χ2n) is 7.57.